The Balaban J connectivity index is 1.78. The highest BCUT2D eigenvalue weighted by atomic mass is 32.2. The molecule has 1 N–H and O–H groups in total. The first-order chi connectivity index (χ1) is 11.3. The number of hydrogen-bond acceptors (Lipinski definition) is 4. The van der Waals surface area contributed by atoms with Crippen LogP contribution in [-0.2, 0) is 16.2 Å². The van der Waals surface area contributed by atoms with Crippen molar-refractivity contribution in [1.82, 2.24) is 14.5 Å². The van der Waals surface area contributed by atoms with Gasteiger partial charge in [0.05, 0.1) is 10.5 Å². The van der Waals surface area contributed by atoms with E-state index >= 15 is 0 Å². The minimum atomic E-state index is -4.69. The smallest absolute Gasteiger partial charge is 0.315 e. The molecule has 0 radical (unpaired) electrons. The van der Waals surface area contributed by atoms with Crippen LogP contribution < -0.4 is 5.32 Å². The molecule has 9 heteroatoms. The number of hydrogen-bond donors (Lipinski definition) is 1. The number of sulfonamides is 1. The Labute approximate surface area is 139 Å². The third-order valence-electron chi connectivity index (χ3n) is 4.63. The van der Waals surface area contributed by atoms with Gasteiger partial charge in [0.1, 0.15) is 0 Å². The molecule has 5 nitrogen and oxygen atoms in total. The zero-order valence-corrected chi connectivity index (χ0v) is 13.9. The SMILES string of the molecule is O=S(=O)(c1ccccc1C(F)(F)F)N1CCN(C2CCNC2)CC1. The van der Waals surface area contributed by atoms with Gasteiger partial charge in [-0.2, -0.15) is 17.5 Å². The molecule has 0 saturated carbocycles. The summed E-state index contributed by atoms with van der Waals surface area (Å²) in [5.41, 5.74) is -1.10. The van der Waals surface area contributed by atoms with Crippen LogP contribution in [0.1, 0.15) is 12.0 Å². The minimum absolute atomic E-state index is 0.213. The van der Waals surface area contributed by atoms with E-state index in [1.54, 1.807) is 0 Å². The van der Waals surface area contributed by atoms with Crippen LogP contribution in [0.2, 0.25) is 0 Å². The molecule has 2 aliphatic heterocycles. The van der Waals surface area contributed by atoms with Crippen molar-refractivity contribution in [3.63, 3.8) is 0 Å². The highest BCUT2D eigenvalue weighted by Crippen LogP contribution is 2.35. The average Bonchev–Trinajstić information content (AvgIpc) is 3.09. The first-order valence-corrected chi connectivity index (χ1v) is 9.35. The van der Waals surface area contributed by atoms with Crippen LogP contribution in [-0.4, -0.2) is 62.9 Å². The molecule has 0 aliphatic carbocycles. The van der Waals surface area contributed by atoms with Crippen molar-refractivity contribution < 1.29 is 21.6 Å². The van der Waals surface area contributed by atoms with Gasteiger partial charge in [0.25, 0.3) is 0 Å². The van der Waals surface area contributed by atoms with Gasteiger partial charge in [-0.05, 0) is 25.1 Å². The number of nitrogens with one attached hydrogen (secondary N) is 1. The molecule has 24 heavy (non-hydrogen) atoms. The number of rotatable bonds is 3. The molecule has 134 valence electrons. The lowest BCUT2D eigenvalue weighted by Crippen LogP contribution is -2.52. The van der Waals surface area contributed by atoms with Gasteiger partial charge in [-0.25, -0.2) is 8.42 Å². The number of benzene rings is 1. The van der Waals surface area contributed by atoms with Crippen molar-refractivity contribution in [3.05, 3.63) is 29.8 Å². The van der Waals surface area contributed by atoms with E-state index < -0.39 is 26.7 Å². The molecule has 2 heterocycles. The van der Waals surface area contributed by atoms with Gasteiger partial charge in [0.15, 0.2) is 0 Å². The Bertz CT molecular complexity index is 679. The lowest BCUT2D eigenvalue weighted by atomic mass is 10.2. The van der Waals surface area contributed by atoms with E-state index in [0.29, 0.717) is 19.1 Å². The fourth-order valence-electron chi connectivity index (χ4n) is 3.33. The molecule has 0 aromatic heterocycles. The van der Waals surface area contributed by atoms with Gasteiger partial charge in [-0.1, -0.05) is 12.1 Å². The highest BCUT2D eigenvalue weighted by Gasteiger charge is 2.40. The van der Waals surface area contributed by atoms with Crippen LogP contribution in [0, 0.1) is 0 Å². The molecule has 1 unspecified atom stereocenters. The monoisotopic (exact) mass is 363 g/mol. The Hall–Kier alpha value is -1.16. The van der Waals surface area contributed by atoms with Crippen molar-refractivity contribution in [2.45, 2.75) is 23.5 Å². The normalized spacial score (nSPS) is 24.4. The second-order valence-electron chi connectivity index (χ2n) is 6.08. The first-order valence-electron chi connectivity index (χ1n) is 7.91. The second-order valence-corrected chi connectivity index (χ2v) is 7.99. The van der Waals surface area contributed by atoms with E-state index in [0.717, 1.165) is 35.9 Å². The van der Waals surface area contributed by atoms with Gasteiger partial charge in [0.2, 0.25) is 10.0 Å². The zero-order valence-electron chi connectivity index (χ0n) is 13.1. The maximum atomic E-state index is 13.1. The summed E-state index contributed by atoms with van der Waals surface area (Å²) in [6.45, 7) is 3.33. The van der Waals surface area contributed by atoms with Crippen molar-refractivity contribution in [1.29, 1.82) is 0 Å². The number of halogens is 3. The third kappa shape index (κ3) is 3.44. The summed E-state index contributed by atoms with van der Waals surface area (Å²) in [6.07, 6.45) is -3.68. The fourth-order valence-corrected chi connectivity index (χ4v) is 4.96. The van der Waals surface area contributed by atoms with Crippen LogP contribution >= 0.6 is 0 Å². The predicted molar refractivity (Wildman–Crippen MR) is 83.1 cm³/mol. The fraction of sp³-hybridized carbons (Fsp3) is 0.600. The molecule has 0 spiro atoms. The Kier molecular flexibility index (Phi) is 4.87. The predicted octanol–water partition coefficient (Wildman–Crippen LogP) is 1.37. The van der Waals surface area contributed by atoms with Crippen LogP contribution in [0.5, 0.6) is 0 Å². The average molecular weight is 363 g/mol. The van der Waals surface area contributed by atoms with E-state index in [2.05, 4.69) is 10.2 Å². The molecule has 2 aliphatic rings. The molecular formula is C15H20F3N3O2S. The summed E-state index contributed by atoms with van der Waals surface area (Å²) in [4.78, 5) is 1.55. The summed E-state index contributed by atoms with van der Waals surface area (Å²) in [6, 6.07) is 4.76. The number of piperazine rings is 1. The lowest BCUT2D eigenvalue weighted by Gasteiger charge is -2.37. The summed E-state index contributed by atoms with van der Waals surface area (Å²) >= 11 is 0. The molecule has 1 aromatic rings. The van der Waals surface area contributed by atoms with E-state index in [4.69, 9.17) is 0 Å². The highest BCUT2D eigenvalue weighted by molar-refractivity contribution is 7.89. The molecule has 0 bridgehead atoms. The first kappa shape index (κ1) is 17.7. The van der Waals surface area contributed by atoms with E-state index in [1.807, 2.05) is 0 Å². The van der Waals surface area contributed by atoms with Crippen molar-refractivity contribution in [2.75, 3.05) is 39.3 Å². The van der Waals surface area contributed by atoms with Crippen molar-refractivity contribution in [3.8, 4) is 0 Å². The van der Waals surface area contributed by atoms with Crippen LogP contribution in [0.4, 0.5) is 13.2 Å². The van der Waals surface area contributed by atoms with E-state index in [1.165, 1.54) is 12.1 Å². The summed E-state index contributed by atoms with van der Waals surface area (Å²) in [5, 5.41) is 3.26. The maximum absolute atomic E-state index is 13.1. The zero-order chi connectivity index (χ0) is 17.4. The summed E-state index contributed by atoms with van der Waals surface area (Å²) in [5.74, 6) is 0. The second kappa shape index (κ2) is 6.62. The van der Waals surface area contributed by atoms with Gasteiger partial charge in [-0.3, -0.25) is 4.90 Å². The standard InChI is InChI=1S/C15H20F3N3O2S/c16-15(17,18)13-3-1-2-4-14(13)24(22,23)21-9-7-20(8-10-21)12-5-6-19-11-12/h1-4,12,19H,5-11H2. The summed E-state index contributed by atoms with van der Waals surface area (Å²) < 4.78 is 65.9. The van der Waals surface area contributed by atoms with Gasteiger partial charge < -0.3 is 5.32 Å². The van der Waals surface area contributed by atoms with E-state index in [-0.39, 0.29) is 13.1 Å². The van der Waals surface area contributed by atoms with E-state index in [9.17, 15) is 21.6 Å². The number of alkyl halides is 3. The Morgan fingerprint density at radius 2 is 1.75 bits per heavy atom. The van der Waals surface area contributed by atoms with Crippen LogP contribution in [0.3, 0.4) is 0 Å². The minimum Gasteiger partial charge on any atom is -0.315 e. The molecule has 3 rings (SSSR count). The topological polar surface area (TPSA) is 52.7 Å². The van der Waals surface area contributed by atoms with Crippen LogP contribution in [0.15, 0.2) is 29.2 Å². The Morgan fingerprint density at radius 1 is 1.08 bits per heavy atom. The molecule has 2 saturated heterocycles. The van der Waals surface area contributed by atoms with Crippen LogP contribution in [0.25, 0.3) is 0 Å². The largest absolute Gasteiger partial charge is 0.417 e. The number of nitrogens with zero attached hydrogens (tertiary/aromatic N) is 2. The van der Waals surface area contributed by atoms with Gasteiger partial charge in [0, 0.05) is 38.8 Å². The molecule has 1 atom stereocenters. The summed E-state index contributed by atoms with van der Waals surface area (Å²) in [7, 11) is -4.15. The molecule has 1 aromatic carbocycles. The maximum Gasteiger partial charge on any atom is 0.417 e. The third-order valence-corrected chi connectivity index (χ3v) is 6.59. The molecule has 0 amide bonds. The quantitative estimate of drug-likeness (QED) is 0.882. The lowest BCUT2D eigenvalue weighted by molar-refractivity contribution is -0.139. The molecule has 2 fully saturated rings. The Morgan fingerprint density at radius 3 is 2.33 bits per heavy atom. The van der Waals surface area contributed by atoms with Crippen molar-refractivity contribution in [2.24, 2.45) is 0 Å². The van der Waals surface area contributed by atoms with Gasteiger partial charge >= 0.3 is 6.18 Å². The van der Waals surface area contributed by atoms with Gasteiger partial charge in [-0.15, -0.1) is 0 Å². The van der Waals surface area contributed by atoms with Crippen molar-refractivity contribution >= 4 is 10.0 Å². The molecular weight excluding hydrogens is 343 g/mol.